The molecule has 0 heterocycles. The molecule has 6 N–H and O–H groups in total. The van der Waals surface area contributed by atoms with Gasteiger partial charge in [-0.3, -0.25) is 0 Å². The molecule has 0 aliphatic rings. The summed E-state index contributed by atoms with van der Waals surface area (Å²) in [7, 11) is 0. The number of hydrogen-bond acceptors (Lipinski definition) is 4. The smallest absolute Gasteiger partial charge is 0.323 e. The van der Waals surface area contributed by atoms with Crippen LogP contribution >= 0.6 is 34.8 Å². The normalized spacial score (nSPS) is 10.5. The molecule has 0 radical (unpaired) electrons. The van der Waals surface area contributed by atoms with Crippen LogP contribution < -0.4 is 21.7 Å². The highest BCUT2D eigenvalue weighted by molar-refractivity contribution is 6.35. The minimum absolute atomic E-state index is 0.109. The van der Waals surface area contributed by atoms with Gasteiger partial charge in [0, 0.05) is 51.8 Å². The Morgan fingerprint density at radius 1 is 1.00 bits per heavy atom. The molecule has 2 amide bonds. The first-order chi connectivity index (χ1) is 12.4. The van der Waals surface area contributed by atoms with E-state index in [9.17, 15) is 9.90 Å². The summed E-state index contributed by atoms with van der Waals surface area (Å²) in [5.74, 6) is 0. The van der Waals surface area contributed by atoms with Crippen molar-refractivity contribution in [2.45, 2.75) is 6.42 Å². The number of urea groups is 1. The molecule has 0 saturated carbocycles. The van der Waals surface area contributed by atoms with Crippen molar-refractivity contribution in [1.29, 1.82) is 0 Å². The number of rotatable bonds is 7. The molecule has 9 heteroatoms. The molecule has 6 nitrogen and oxygen atoms in total. The van der Waals surface area contributed by atoms with Gasteiger partial charge in [-0.1, -0.05) is 34.8 Å². The van der Waals surface area contributed by atoms with E-state index in [0.29, 0.717) is 45.1 Å². The lowest BCUT2D eigenvalue weighted by Crippen LogP contribution is -2.21. The van der Waals surface area contributed by atoms with Crippen molar-refractivity contribution in [1.82, 2.24) is 0 Å². The summed E-state index contributed by atoms with van der Waals surface area (Å²) < 4.78 is 0. The van der Waals surface area contributed by atoms with Crippen molar-refractivity contribution in [2.75, 3.05) is 35.6 Å². The minimum atomic E-state index is -0.491. The number of halogens is 3. The first kappa shape index (κ1) is 20.6. The minimum Gasteiger partial charge on any atom is -0.396 e. The summed E-state index contributed by atoms with van der Waals surface area (Å²) in [6, 6.07) is 7.73. The largest absolute Gasteiger partial charge is 0.396 e. The van der Waals surface area contributed by atoms with E-state index in [2.05, 4.69) is 16.0 Å². The first-order valence-electron chi connectivity index (χ1n) is 7.84. The molecule has 0 bridgehead atoms. The van der Waals surface area contributed by atoms with E-state index in [1.165, 1.54) is 0 Å². The maximum absolute atomic E-state index is 12.3. The second kappa shape index (κ2) is 9.85. The molecule has 0 unspecified atom stereocenters. The number of aliphatic hydroxyl groups excluding tert-OH is 1. The third kappa shape index (κ3) is 5.93. The Bertz CT molecular complexity index is 787. The summed E-state index contributed by atoms with van der Waals surface area (Å²) in [5.41, 5.74) is 7.74. The van der Waals surface area contributed by atoms with Crippen LogP contribution in [0.25, 0.3) is 0 Å². The van der Waals surface area contributed by atoms with Crippen LogP contribution in [0.2, 0.25) is 15.1 Å². The summed E-state index contributed by atoms with van der Waals surface area (Å²) in [5, 5.41) is 18.9. The van der Waals surface area contributed by atoms with Crippen molar-refractivity contribution >= 4 is 57.9 Å². The fourth-order valence-corrected chi connectivity index (χ4v) is 3.17. The van der Waals surface area contributed by atoms with Crippen LogP contribution in [0, 0.1) is 0 Å². The summed E-state index contributed by atoms with van der Waals surface area (Å²) >= 11 is 18.2. The summed E-state index contributed by atoms with van der Waals surface area (Å²) in [6.07, 6.45) is 0.288. The maximum atomic E-state index is 12.3. The van der Waals surface area contributed by atoms with Crippen LogP contribution in [0.1, 0.15) is 5.56 Å². The summed E-state index contributed by atoms with van der Waals surface area (Å²) in [4.78, 5) is 12.3. The van der Waals surface area contributed by atoms with Gasteiger partial charge in [0.1, 0.15) is 0 Å². The number of amides is 2. The average Bonchev–Trinajstić information content (AvgIpc) is 2.55. The van der Waals surface area contributed by atoms with Crippen LogP contribution in [0.5, 0.6) is 0 Å². The highest BCUT2D eigenvalue weighted by Gasteiger charge is 2.12. The van der Waals surface area contributed by atoms with Crippen LogP contribution in [0.3, 0.4) is 0 Å². The molecule has 2 rings (SSSR count). The van der Waals surface area contributed by atoms with Gasteiger partial charge in [-0.05, 0) is 42.3 Å². The Balaban J connectivity index is 2.15. The monoisotopic (exact) mass is 416 g/mol. The Labute approximate surface area is 166 Å². The average molecular weight is 418 g/mol. The number of carbonyl (C=O) groups excluding carboxylic acids is 1. The van der Waals surface area contributed by atoms with Crippen LogP contribution in [0.15, 0.2) is 30.3 Å². The lowest BCUT2D eigenvalue weighted by atomic mass is 10.1. The number of hydrogen-bond donors (Lipinski definition) is 5. The Morgan fingerprint density at radius 2 is 1.69 bits per heavy atom. The molecule has 26 heavy (non-hydrogen) atoms. The lowest BCUT2D eigenvalue weighted by molar-refractivity contribution is 0.262. The predicted octanol–water partition coefficient (Wildman–Crippen LogP) is 4.20. The number of nitrogens with two attached hydrogens (primary N) is 1. The Hall–Kier alpha value is -1.70. The molecule has 0 aliphatic heterocycles. The Kier molecular flexibility index (Phi) is 7.81. The number of benzene rings is 2. The fraction of sp³-hybridized carbons (Fsp3) is 0.235. The standard InChI is InChI=1S/C17H19Cl3N4O2/c18-10-5-12(22-3-2-21)9-13(6-10)23-17(26)24-16-8-11(19)7-15(20)14(16)1-4-25/h5-9,22,25H,1-4,21H2,(H2,23,24,26). The molecule has 2 aromatic rings. The van der Waals surface area contributed by atoms with Crippen LogP contribution in [0.4, 0.5) is 21.9 Å². The Morgan fingerprint density at radius 3 is 2.38 bits per heavy atom. The molecule has 0 spiro atoms. The fourth-order valence-electron chi connectivity index (χ4n) is 2.35. The topological polar surface area (TPSA) is 99.4 Å². The van der Waals surface area contributed by atoms with Gasteiger partial charge in [-0.2, -0.15) is 0 Å². The van der Waals surface area contributed by atoms with Crippen LogP contribution in [-0.2, 0) is 6.42 Å². The molecular weight excluding hydrogens is 399 g/mol. The van der Waals surface area contributed by atoms with E-state index >= 15 is 0 Å². The van der Waals surface area contributed by atoms with Crippen LogP contribution in [-0.4, -0.2) is 30.8 Å². The zero-order chi connectivity index (χ0) is 19.1. The highest BCUT2D eigenvalue weighted by Crippen LogP contribution is 2.30. The molecule has 2 aromatic carbocycles. The molecule has 0 aliphatic carbocycles. The quantitative estimate of drug-likeness (QED) is 0.466. The van der Waals surface area contributed by atoms with Crippen molar-refractivity contribution in [3.05, 3.63) is 51.0 Å². The van der Waals surface area contributed by atoms with Gasteiger partial charge < -0.3 is 26.8 Å². The number of carbonyl (C=O) groups is 1. The van der Waals surface area contributed by atoms with Gasteiger partial charge in [0.05, 0.1) is 0 Å². The lowest BCUT2D eigenvalue weighted by Gasteiger charge is -2.14. The number of anilines is 3. The zero-order valence-electron chi connectivity index (χ0n) is 13.8. The van der Waals surface area contributed by atoms with Crippen molar-refractivity contribution in [2.24, 2.45) is 5.73 Å². The third-order valence-electron chi connectivity index (χ3n) is 3.40. The summed E-state index contributed by atoms with van der Waals surface area (Å²) in [6.45, 7) is 0.943. The molecular formula is C17H19Cl3N4O2. The van der Waals surface area contributed by atoms with Crippen molar-refractivity contribution in [3.63, 3.8) is 0 Å². The molecule has 140 valence electrons. The third-order valence-corrected chi connectivity index (χ3v) is 4.17. The second-order valence-electron chi connectivity index (χ2n) is 5.41. The van der Waals surface area contributed by atoms with Gasteiger partial charge in [0.2, 0.25) is 0 Å². The van der Waals surface area contributed by atoms with E-state index in [1.807, 2.05) is 0 Å². The van der Waals surface area contributed by atoms with Crippen molar-refractivity contribution < 1.29 is 9.90 Å². The SMILES string of the molecule is NCCNc1cc(Cl)cc(NC(=O)Nc2cc(Cl)cc(Cl)c2CCO)c1. The van der Waals surface area contributed by atoms with Gasteiger partial charge in [-0.15, -0.1) is 0 Å². The second-order valence-corrected chi connectivity index (χ2v) is 6.69. The van der Waals surface area contributed by atoms with E-state index in [4.69, 9.17) is 40.5 Å². The highest BCUT2D eigenvalue weighted by atomic mass is 35.5. The van der Waals surface area contributed by atoms with E-state index in [-0.39, 0.29) is 13.0 Å². The molecule has 0 aromatic heterocycles. The van der Waals surface area contributed by atoms with Gasteiger partial charge in [0.15, 0.2) is 0 Å². The van der Waals surface area contributed by atoms with E-state index in [0.717, 1.165) is 5.69 Å². The van der Waals surface area contributed by atoms with E-state index in [1.54, 1.807) is 30.3 Å². The van der Waals surface area contributed by atoms with E-state index < -0.39 is 6.03 Å². The maximum Gasteiger partial charge on any atom is 0.323 e. The molecule has 0 atom stereocenters. The van der Waals surface area contributed by atoms with Gasteiger partial charge >= 0.3 is 6.03 Å². The first-order valence-corrected chi connectivity index (χ1v) is 8.97. The molecule has 0 saturated heterocycles. The predicted molar refractivity (Wildman–Crippen MR) is 109 cm³/mol. The zero-order valence-corrected chi connectivity index (χ0v) is 16.0. The van der Waals surface area contributed by atoms with Crippen molar-refractivity contribution in [3.8, 4) is 0 Å². The number of aliphatic hydroxyl groups is 1. The van der Waals surface area contributed by atoms with Gasteiger partial charge in [0.25, 0.3) is 0 Å². The molecule has 0 fully saturated rings. The number of nitrogens with one attached hydrogen (secondary N) is 3. The van der Waals surface area contributed by atoms with Gasteiger partial charge in [-0.25, -0.2) is 4.79 Å².